The van der Waals surface area contributed by atoms with E-state index >= 15 is 0 Å². The predicted octanol–water partition coefficient (Wildman–Crippen LogP) is 1.90. The highest BCUT2D eigenvalue weighted by molar-refractivity contribution is 4.77. The van der Waals surface area contributed by atoms with Crippen LogP contribution in [0.3, 0.4) is 0 Å². The minimum atomic E-state index is 1.16. The van der Waals surface area contributed by atoms with Crippen molar-refractivity contribution >= 4 is 0 Å². The van der Waals surface area contributed by atoms with Gasteiger partial charge in [-0.2, -0.15) is 0 Å². The molecule has 1 heterocycles. The Morgan fingerprint density at radius 1 is 1.00 bits per heavy atom. The molecule has 1 aliphatic rings. The minimum Gasteiger partial charge on any atom is -0.306 e. The first kappa shape index (κ1) is 8.06. The number of hydrogen-bond acceptors (Lipinski definition) is 1. The van der Waals surface area contributed by atoms with Gasteiger partial charge in [0.25, 0.3) is 0 Å². The van der Waals surface area contributed by atoms with Gasteiger partial charge in [0.05, 0.1) is 0 Å². The zero-order chi connectivity index (χ0) is 7.23. The summed E-state index contributed by atoms with van der Waals surface area (Å²) in [6.45, 7) is 2.33. The summed E-state index contributed by atoms with van der Waals surface area (Å²) in [5, 5.41) is 0. The maximum Gasteiger partial charge on any atom is 0.000985 e. The zero-order valence-electron chi connectivity index (χ0n) is 6.84. The highest BCUT2D eigenvalue weighted by atomic mass is 15.1. The lowest BCUT2D eigenvalue weighted by Gasteiger charge is -2.13. The second-order valence-electron chi connectivity index (χ2n) is 3.08. The molecule has 0 aromatic rings. The molecular formula is C9H17N. The van der Waals surface area contributed by atoms with Gasteiger partial charge in [-0.1, -0.05) is 12.8 Å². The van der Waals surface area contributed by atoms with Gasteiger partial charge in [-0.15, -0.1) is 0 Å². The Labute approximate surface area is 64.4 Å². The standard InChI is InChI=1S/C9H17N/c1-10-8-6-4-2-3-5-7-9-10/h6-7H,2-5,8-9H2,1H3. The molecule has 0 amide bonds. The van der Waals surface area contributed by atoms with Crippen molar-refractivity contribution in [1.29, 1.82) is 0 Å². The Kier molecular flexibility index (Phi) is 3.81. The van der Waals surface area contributed by atoms with E-state index in [1.165, 1.54) is 25.7 Å². The Balaban J connectivity index is 2.15. The molecule has 0 atom stereocenters. The highest BCUT2D eigenvalue weighted by Gasteiger charge is 2.01. The van der Waals surface area contributed by atoms with Gasteiger partial charge in [-0.25, -0.2) is 0 Å². The fraction of sp³-hybridized carbons (Fsp3) is 0.778. The summed E-state index contributed by atoms with van der Waals surface area (Å²) in [5.74, 6) is 0. The lowest BCUT2D eigenvalue weighted by Crippen LogP contribution is -2.20. The van der Waals surface area contributed by atoms with E-state index in [-0.39, 0.29) is 0 Å². The van der Waals surface area contributed by atoms with Gasteiger partial charge in [0.2, 0.25) is 0 Å². The van der Waals surface area contributed by atoms with Crippen molar-refractivity contribution in [2.24, 2.45) is 0 Å². The second-order valence-corrected chi connectivity index (χ2v) is 3.08. The van der Waals surface area contributed by atoms with E-state index in [4.69, 9.17) is 0 Å². The summed E-state index contributed by atoms with van der Waals surface area (Å²) in [7, 11) is 2.18. The lowest BCUT2D eigenvalue weighted by atomic mass is 10.1. The van der Waals surface area contributed by atoms with Gasteiger partial charge < -0.3 is 4.90 Å². The Morgan fingerprint density at radius 2 is 1.50 bits per heavy atom. The van der Waals surface area contributed by atoms with Crippen LogP contribution < -0.4 is 0 Å². The smallest absolute Gasteiger partial charge is 0.000985 e. The third kappa shape index (κ3) is 3.21. The Morgan fingerprint density at radius 3 is 2.00 bits per heavy atom. The van der Waals surface area contributed by atoms with E-state index in [2.05, 4.69) is 24.8 Å². The van der Waals surface area contributed by atoms with Gasteiger partial charge in [0.15, 0.2) is 0 Å². The molecule has 1 heteroatoms. The van der Waals surface area contributed by atoms with Gasteiger partial charge >= 0.3 is 0 Å². The minimum absolute atomic E-state index is 1.16. The van der Waals surface area contributed by atoms with Gasteiger partial charge in [-0.3, -0.25) is 0 Å². The van der Waals surface area contributed by atoms with Crippen molar-refractivity contribution in [1.82, 2.24) is 4.90 Å². The van der Waals surface area contributed by atoms with Crippen molar-refractivity contribution in [2.75, 3.05) is 20.1 Å². The van der Waals surface area contributed by atoms with Crippen LogP contribution in [0.4, 0.5) is 0 Å². The zero-order valence-corrected chi connectivity index (χ0v) is 6.84. The van der Waals surface area contributed by atoms with E-state index in [0.29, 0.717) is 0 Å². The molecule has 1 rings (SSSR count). The molecular weight excluding hydrogens is 122 g/mol. The molecule has 0 bridgehead atoms. The number of hydrogen-bond donors (Lipinski definition) is 0. The first-order valence-corrected chi connectivity index (χ1v) is 4.21. The summed E-state index contributed by atoms with van der Waals surface area (Å²) in [5.41, 5.74) is 0. The van der Waals surface area contributed by atoms with Crippen LogP contribution in [-0.4, -0.2) is 25.0 Å². The third-order valence-electron chi connectivity index (χ3n) is 1.95. The molecule has 1 saturated heterocycles. The van der Waals surface area contributed by atoms with E-state index in [0.717, 1.165) is 13.1 Å². The quantitative estimate of drug-likeness (QED) is 0.495. The summed E-state index contributed by atoms with van der Waals surface area (Å²) < 4.78 is 0. The molecule has 1 fully saturated rings. The van der Waals surface area contributed by atoms with Crippen molar-refractivity contribution in [3.05, 3.63) is 12.8 Å². The lowest BCUT2D eigenvalue weighted by molar-refractivity contribution is 0.384. The van der Waals surface area contributed by atoms with Crippen molar-refractivity contribution in [3.63, 3.8) is 0 Å². The van der Waals surface area contributed by atoms with Crippen LogP contribution >= 0.6 is 0 Å². The van der Waals surface area contributed by atoms with Crippen molar-refractivity contribution in [3.8, 4) is 0 Å². The fourth-order valence-corrected chi connectivity index (χ4v) is 1.28. The first-order valence-electron chi connectivity index (χ1n) is 4.21. The molecule has 0 aromatic heterocycles. The Hall–Kier alpha value is -0.0400. The van der Waals surface area contributed by atoms with Crippen LogP contribution in [0.2, 0.25) is 0 Å². The molecule has 0 aliphatic carbocycles. The average Bonchev–Trinajstić information content (AvgIpc) is 2.02. The molecule has 0 aromatic carbocycles. The molecule has 0 N–H and O–H groups in total. The Bertz CT molecular complexity index is 70.8. The maximum atomic E-state index is 2.39. The molecule has 1 aliphatic heterocycles. The molecule has 0 unspecified atom stereocenters. The monoisotopic (exact) mass is 139 g/mol. The largest absolute Gasteiger partial charge is 0.306 e. The van der Waals surface area contributed by atoms with E-state index in [9.17, 15) is 0 Å². The molecule has 0 saturated carbocycles. The van der Waals surface area contributed by atoms with E-state index in [1.54, 1.807) is 0 Å². The predicted molar refractivity (Wildman–Crippen MR) is 44.6 cm³/mol. The van der Waals surface area contributed by atoms with Crippen LogP contribution in [0.25, 0.3) is 0 Å². The van der Waals surface area contributed by atoms with E-state index in [1.807, 2.05) is 0 Å². The molecule has 58 valence electrons. The van der Waals surface area contributed by atoms with Gasteiger partial charge in [0.1, 0.15) is 0 Å². The summed E-state index contributed by atoms with van der Waals surface area (Å²) in [6, 6.07) is 0. The van der Waals surface area contributed by atoms with Crippen LogP contribution in [-0.2, 0) is 0 Å². The molecule has 2 radical (unpaired) electrons. The van der Waals surface area contributed by atoms with Crippen LogP contribution in [0.5, 0.6) is 0 Å². The molecule has 1 nitrogen and oxygen atoms in total. The third-order valence-corrected chi connectivity index (χ3v) is 1.95. The first-order chi connectivity index (χ1) is 4.89. The fourth-order valence-electron chi connectivity index (χ4n) is 1.28. The van der Waals surface area contributed by atoms with Gasteiger partial charge in [-0.05, 0) is 32.7 Å². The second kappa shape index (κ2) is 4.73. The van der Waals surface area contributed by atoms with E-state index < -0.39 is 0 Å². The highest BCUT2D eigenvalue weighted by Crippen LogP contribution is 2.08. The summed E-state index contributed by atoms with van der Waals surface area (Å²) in [4.78, 5) is 2.35. The van der Waals surface area contributed by atoms with Crippen LogP contribution in [0.1, 0.15) is 25.7 Å². The molecule has 10 heavy (non-hydrogen) atoms. The van der Waals surface area contributed by atoms with Crippen LogP contribution in [0.15, 0.2) is 0 Å². The van der Waals surface area contributed by atoms with Crippen molar-refractivity contribution in [2.45, 2.75) is 25.7 Å². The topological polar surface area (TPSA) is 3.24 Å². The SMILES string of the molecule is CN1C[CH]CCCC[CH]C1. The average molecular weight is 139 g/mol. The number of rotatable bonds is 0. The summed E-state index contributed by atoms with van der Waals surface area (Å²) >= 11 is 0. The maximum absolute atomic E-state index is 2.39. The van der Waals surface area contributed by atoms with Gasteiger partial charge in [0, 0.05) is 13.1 Å². The summed E-state index contributed by atoms with van der Waals surface area (Å²) in [6.07, 6.45) is 10.1. The van der Waals surface area contributed by atoms with Crippen molar-refractivity contribution < 1.29 is 0 Å². The number of nitrogens with zero attached hydrogens (tertiary/aromatic N) is 1. The normalized spacial score (nSPS) is 24.9. The molecule has 0 spiro atoms. The van der Waals surface area contributed by atoms with Crippen LogP contribution in [0, 0.1) is 12.8 Å².